The highest BCUT2D eigenvalue weighted by molar-refractivity contribution is 5.98. The summed E-state index contributed by atoms with van der Waals surface area (Å²) in [5, 5.41) is 25.0. The van der Waals surface area contributed by atoms with Crippen molar-refractivity contribution in [1.29, 1.82) is 5.26 Å². The smallest absolute Gasteiger partial charge is 0.145 e. The first-order chi connectivity index (χ1) is 16.3. The lowest BCUT2D eigenvalue weighted by Crippen LogP contribution is -2.29. The Labute approximate surface area is 198 Å². The molecule has 0 atom stereocenters. The van der Waals surface area contributed by atoms with Crippen LogP contribution in [0.4, 0.5) is 5.69 Å². The number of aliphatic hydroxyl groups is 1. The van der Waals surface area contributed by atoms with Gasteiger partial charge in [-0.05, 0) is 68.3 Å². The van der Waals surface area contributed by atoms with Crippen molar-refractivity contribution in [2.24, 2.45) is 0 Å². The van der Waals surface area contributed by atoms with Crippen LogP contribution in [-0.2, 0) is 0 Å². The zero-order chi connectivity index (χ0) is 23.9. The van der Waals surface area contributed by atoms with Crippen molar-refractivity contribution in [2.45, 2.75) is 26.4 Å². The molecule has 0 spiro atoms. The summed E-state index contributed by atoms with van der Waals surface area (Å²) >= 11 is 0. The number of para-hydroxylation sites is 1. The fraction of sp³-hybridized carbons (Fsp3) is 0.179. The minimum atomic E-state index is -0.899. The van der Waals surface area contributed by atoms with E-state index in [1.165, 1.54) is 0 Å². The van der Waals surface area contributed by atoms with Crippen LogP contribution in [0.2, 0.25) is 0 Å². The minimum absolute atomic E-state index is 0.327. The molecule has 0 saturated carbocycles. The van der Waals surface area contributed by atoms with Gasteiger partial charge >= 0.3 is 0 Å². The van der Waals surface area contributed by atoms with Gasteiger partial charge in [-0.15, -0.1) is 0 Å². The summed E-state index contributed by atoms with van der Waals surface area (Å²) in [5.41, 5.74) is 6.21. The monoisotopic (exact) mass is 447 g/mol. The van der Waals surface area contributed by atoms with E-state index >= 15 is 0 Å². The van der Waals surface area contributed by atoms with Gasteiger partial charge in [0, 0.05) is 47.2 Å². The average Bonchev–Trinajstić information content (AvgIpc) is 3.18. The largest absolute Gasteiger partial charge is 0.389 e. The Kier molecular flexibility index (Phi) is 5.27. The summed E-state index contributed by atoms with van der Waals surface area (Å²) < 4.78 is 2.04. The first-order valence-corrected chi connectivity index (χ1v) is 11.2. The maximum absolute atomic E-state index is 10.1. The van der Waals surface area contributed by atoms with Crippen molar-refractivity contribution >= 4 is 27.6 Å². The normalized spacial score (nSPS) is 11.6. The van der Waals surface area contributed by atoms with Gasteiger partial charge < -0.3 is 15.0 Å². The summed E-state index contributed by atoms with van der Waals surface area (Å²) in [6, 6.07) is 20.1. The molecule has 3 heterocycles. The maximum Gasteiger partial charge on any atom is 0.145 e. The molecular formula is C28H25N5O. The second kappa shape index (κ2) is 8.29. The van der Waals surface area contributed by atoms with Crippen molar-refractivity contribution in [3.8, 4) is 22.9 Å². The van der Waals surface area contributed by atoms with Gasteiger partial charge in [0.15, 0.2) is 0 Å². The Bertz CT molecular complexity index is 1570. The zero-order valence-corrected chi connectivity index (χ0v) is 19.4. The molecule has 2 aromatic carbocycles. The fourth-order valence-electron chi connectivity index (χ4n) is 4.23. The van der Waals surface area contributed by atoms with Crippen molar-refractivity contribution in [1.82, 2.24) is 14.5 Å². The Balaban J connectivity index is 1.63. The topological polar surface area (TPSA) is 86.8 Å². The summed E-state index contributed by atoms with van der Waals surface area (Å²) in [6.45, 7) is 5.86. The number of aromatic nitrogens is 3. The molecule has 0 aliphatic heterocycles. The number of anilines is 1. The Morgan fingerprint density at radius 3 is 2.71 bits per heavy atom. The first kappa shape index (κ1) is 21.6. The molecule has 2 N–H and O–H groups in total. The Morgan fingerprint density at radius 1 is 1.09 bits per heavy atom. The Hall–Kier alpha value is -4.21. The Morgan fingerprint density at radius 2 is 1.91 bits per heavy atom. The lowest BCUT2D eigenvalue weighted by Gasteiger charge is -2.19. The van der Waals surface area contributed by atoms with E-state index in [2.05, 4.69) is 41.6 Å². The van der Waals surface area contributed by atoms with Crippen molar-refractivity contribution in [2.75, 3.05) is 11.9 Å². The van der Waals surface area contributed by atoms with Crippen molar-refractivity contribution < 1.29 is 5.11 Å². The molecule has 0 unspecified atom stereocenters. The van der Waals surface area contributed by atoms with E-state index < -0.39 is 5.60 Å². The fourth-order valence-corrected chi connectivity index (χ4v) is 4.23. The first-order valence-electron chi connectivity index (χ1n) is 11.2. The van der Waals surface area contributed by atoms with E-state index in [0.717, 1.165) is 44.3 Å². The summed E-state index contributed by atoms with van der Waals surface area (Å²) in [6.07, 6.45) is 5.80. The lowest BCUT2D eigenvalue weighted by atomic mass is 10.0. The molecule has 0 aliphatic rings. The third-order valence-corrected chi connectivity index (χ3v) is 5.89. The van der Waals surface area contributed by atoms with Crippen LogP contribution in [0.1, 0.15) is 25.0 Å². The van der Waals surface area contributed by atoms with Gasteiger partial charge in [-0.3, -0.25) is 4.98 Å². The number of hydrogen-bond acceptors (Lipinski definition) is 5. The van der Waals surface area contributed by atoms with E-state index in [1.54, 1.807) is 19.9 Å². The van der Waals surface area contributed by atoms with Gasteiger partial charge in [-0.1, -0.05) is 18.2 Å². The van der Waals surface area contributed by atoms with E-state index in [4.69, 9.17) is 4.98 Å². The SMILES string of the molecule is Cc1cn(-c2ccc(C#N)c(NCC(C)(C)O)c2)c2nccc(-c3cnc4ccccc4c3)c12. The molecule has 0 bridgehead atoms. The molecule has 6 heteroatoms. The van der Waals surface area contributed by atoms with Crippen LogP contribution in [0.3, 0.4) is 0 Å². The lowest BCUT2D eigenvalue weighted by molar-refractivity contribution is 0.0945. The molecule has 0 radical (unpaired) electrons. The molecular weight excluding hydrogens is 422 g/mol. The third kappa shape index (κ3) is 3.98. The van der Waals surface area contributed by atoms with Gasteiger partial charge in [0.05, 0.1) is 22.4 Å². The molecule has 6 nitrogen and oxygen atoms in total. The summed E-state index contributed by atoms with van der Waals surface area (Å²) in [7, 11) is 0. The van der Waals surface area contributed by atoms with Gasteiger partial charge in [0.2, 0.25) is 0 Å². The third-order valence-electron chi connectivity index (χ3n) is 5.89. The predicted octanol–water partition coefficient (Wildman–Crippen LogP) is 5.60. The molecule has 5 aromatic rings. The molecule has 0 saturated heterocycles. The number of pyridine rings is 2. The van der Waals surface area contributed by atoms with Crippen LogP contribution < -0.4 is 5.32 Å². The summed E-state index contributed by atoms with van der Waals surface area (Å²) in [5.74, 6) is 0. The van der Waals surface area contributed by atoms with E-state index in [-0.39, 0.29) is 0 Å². The molecule has 0 amide bonds. The van der Waals surface area contributed by atoms with E-state index in [9.17, 15) is 10.4 Å². The highest BCUT2D eigenvalue weighted by Crippen LogP contribution is 2.34. The van der Waals surface area contributed by atoms with E-state index in [0.29, 0.717) is 17.8 Å². The van der Waals surface area contributed by atoms with E-state index in [1.807, 2.05) is 53.4 Å². The van der Waals surface area contributed by atoms with Gasteiger partial charge in [-0.2, -0.15) is 5.26 Å². The second-order valence-electron chi connectivity index (χ2n) is 9.16. The average molecular weight is 448 g/mol. The zero-order valence-electron chi connectivity index (χ0n) is 19.4. The predicted molar refractivity (Wildman–Crippen MR) is 136 cm³/mol. The van der Waals surface area contributed by atoms with Gasteiger partial charge in [-0.25, -0.2) is 4.98 Å². The second-order valence-corrected chi connectivity index (χ2v) is 9.16. The number of benzene rings is 2. The summed E-state index contributed by atoms with van der Waals surface area (Å²) in [4.78, 5) is 9.34. The molecule has 0 fully saturated rings. The number of nitrogens with zero attached hydrogens (tertiary/aromatic N) is 4. The molecule has 5 rings (SSSR count). The molecule has 34 heavy (non-hydrogen) atoms. The molecule has 168 valence electrons. The minimum Gasteiger partial charge on any atom is -0.389 e. The van der Waals surface area contributed by atoms with Crippen LogP contribution in [-0.4, -0.2) is 31.8 Å². The van der Waals surface area contributed by atoms with Gasteiger partial charge in [0.25, 0.3) is 0 Å². The number of hydrogen-bond donors (Lipinski definition) is 2. The molecule has 3 aromatic heterocycles. The number of nitrogens with one attached hydrogen (secondary N) is 1. The van der Waals surface area contributed by atoms with Crippen LogP contribution in [0.5, 0.6) is 0 Å². The van der Waals surface area contributed by atoms with Crippen LogP contribution in [0.25, 0.3) is 38.8 Å². The standard InChI is InChI=1S/C28H25N5O/c1-18-16-33(22-9-8-20(14-29)25(13-22)32-17-28(2,3)34)27-26(18)23(10-11-30-27)21-12-19-6-4-5-7-24(19)31-15-21/h4-13,15-16,32,34H,17H2,1-3H3. The highest BCUT2D eigenvalue weighted by atomic mass is 16.3. The highest BCUT2D eigenvalue weighted by Gasteiger charge is 2.17. The number of aryl methyl sites for hydroxylation is 1. The van der Waals surface area contributed by atoms with Gasteiger partial charge in [0.1, 0.15) is 11.7 Å². The van der Waals surface area contributed by atoms with Crippen LogP contribution >= 0.6 is 0 Å². The van der Waals surface area contributed by atoms with Crippen LogP contribution in [0, 0.1) is 18.3 Å². The maximum atomic E-state index is 10.1. The number of nitriles is 1. The number of rotatable bonds is 5. The van der Waals surface area contributed by atoms with Crippen molar-refractivity contribution in [3.05, 3.63) is 84.3 Å². The van der Waals surface area contributed by atoms with Crippen molar-refractivity contribution in [3.63, 3.8) is 0 Å². The number of fused-ring (bicyclic) bond motifs is 2. The van der Waals surface area contributed by atoms with Crippen LogP contribution in [0.15, 0.2) is 73.2 Å². The molecule has 0 aliphatic carbocycles. The quantitative estimate of drug-likeness (QED) is 0.366.